The topological polar surface area (TPSA) is 89.6 Å². The third kappa shape index (κ3) is 9.95. The van der Waals surface area contributed by atoms with Gasteiger partial charge in [-0.1, -0.05) is 159 Å². The fourth-order valence-electron chi connectivity index (χ4n) is 5.19. The molecule has 7 heteroatoms. The van der Waals surface area contributed by atoms with E-state index in [1.54, 1.807) is 11.8 Å². The van der Waals surface area contributed by atoms with Crippen LogP contribution in [0.15, 0.2) is 168 Å². The van der Waals surface area contributed by atoms with Crippen LogP contribution >= 0.6 is 11.8 Å². The molecule has 0 amide bonds. The Morgan fingerprint density at radius 3 is 1.54 bits per heavy atom. The SMILES string of the molecule is CC.Cc1cc(-c2ccccc2)nnc1Sc1ccccc1.NNc1nnc(-c2ccccc2)cc1CCc1ccc(-c2ccccc2)cc1. The molecule has 0 spiro atoms. The van der Waals surface area contributed by atoms with Gasteiger partial charge in [-0.3, -0.25) is 0 Å². The minimum Gasteiger partial charge on any atom is -0.307 e. The summed E-state index contributed by atoms with van der Waals surface area (Å²) in [5.41, 5.74) is 12.5. The summed E-state index contributed by atoms with van der Waals surface area (Å²) in [7, 11) is 0. The van der Waals surface area contributed by atoms with Gasteiger partial charge in [0.2, 0.25) is 0 Å². The number of aryl methyl sites for hydroxylation is 3. The molecule has 0 bridgehead atoms. The predicted octanol–water partition coefficient (Wildman–Crippen LogP) is 10.5. The van der Waals surface area contributed by atoms with Gasteiger partial charge in [-0.25, -0.2) is 5.84 Å². The van der Waals surface area contributed by atoms with Gasteiger partial charge in [-0.05, 0) is 66.3 Å². The van der Waals surface area contributed by atoms with Crippen LogP contribution in [0.1, 0.15) is 30.5 Å². The Hall–Kier alpha value is -5.63. The number of benzene rings is 5. The van der Waals surface area contributed by atoms with E-state index >= 15 is 0 Å². The third-order valence-corrected chi connectivity index (χ3v) is 8.89. The maximum Gasteiger partial charge on any atom is 0.165 e. The monoisotopic (exact) mass is 674 g/mol. The Balaban J connectivity index is 0.000000195. The molecular weight excluding hydrogens is 633 g/mol. The number of anilines is 1. The summed E-state index contributed by atoms with van der Waals surface area (Å²) in [6.07, 6.45) is 1.74. The van der Waals surface area contributed by atoms with Crippen molar-refractivity contribution in [3.8, 4) is 33.6 Å². The first-order chi connectivity index (χ1) is 24.7. The molecule has 0 aliphatic heterocycles. The summed E-state index contributed by atoms with van der Waals surface area (Å²) in [5.74, 6) is 6.27. The summed E-state index contributed by atoms with van der Waals surface area (Å²) in [6, 6.07) is 53.7. The average molecular weight is 675 g/mol. The molecule has 2 aromatic heterocycles. The predicted molar refractivity (Wildman–Crippen MR) is 209 cm³/mol. The average Bonchev–Trinajstić information content (AvgIpc) is 3.20. The lowest BCUT2D eigenvalue weighted by atomic mass is 10.00. The third-order valence-electron chi connectivity index (χ3n) is 7.79. The van der Waals surface area contributed by atoms with E-state index in [2.05, 4.69) is 106 Å². The van der Waals surface area contributed by atoms with Crippen LogP contribution in [0.5, 0.6) is 0 Å². The number of nitrogens with zero attached hydrogens (tertiary/aromatic N) is 4. The van der Waals surface area contributed by atoms with E-state index in [-0.39, 0.29) is 0 Å². The highest BCUT2D eigenvalue weighted by Crippen LogP contribution is 2.29. The van der Waals surface area contributed by atoms with Crippen molar-refractivity contribution in [3.63, 3.8) is 0 Å². The van der Waals surface area contributed by atoms with E-state index in [9.17, 15) is 0 Å². The summed E-state index contributed by atoms with van der Waals surface area (Å²) < 4.78 is 0. The Morgan fingerprint density at radius 2 is 1.00 bits per heavy atom. The van der Waals surface area contributed by atoms with E-state index in [4.69, 9.17) is 5.84 Å². The lowest BCUT2D eigenvalue weighted by Gasteiger charge is -2.10. The number of hydrogen-bond acceptors (Lipinski definition) is 7. The van der Waals surface area contributed by atoms with Crippen molar-refractivity contribution in [2.45, 2.75) is 43.5 Å². The van der Waals surface area contributed by atoms with Crippen molar-refractivity contribution in [1.82, 2.24) is 20.4 Å². The molecule has 3 N–H and O–H groups in total. The quantitative estimate of drug-likeness (QED) is 0.116. The Kier molecular flexibility index (Phi) is 13.4. The maximum atomic E-state index is 5.64. The molecule has 7 aromatic rings. The number of hydrazine groups is 1. The largest absolute Gasteiger partial charge is 0.307 e. The molecular formula is C43H42N6S. The second-order valence-electron chi connectivity index (χ2n) is 11.2. The van der Waals surface area contributed by atoms with Gasteiger partial charge in [-0.2, -0.15) is 0 Å². The zero-order valence-corrected chi connectivity index (χ0v) is 29.5. The highest BCUT2D eigenvalue weighted by molar-refractivity contribution is 7.99. The zero-order valence-electron chi connectivity index (χ0n) is 28.7. The van der Waals surface area contributed by atoms with E-state index in [0.29, 0.717) is 5.82 Å². The van der Waals surface area contributed by atoms with Crippen LogP contribution in [0, 0.1) is 6.92 Å². The second-order valence-corrected chi connectivity index (χ2v) is 12.2. The van der Waals surface area contributed by atoms with Gasteiger partial charge in [0.25, 0.3) is 0 Å². The molecule has 0 atom stereocenters. The molecule has 0 radical (unpaired) electrons. The number of hydrogen-bond donors (Lipinski definition) is 2. The minimum atomic E-state index is 0.626. The van der Waals surface area contributed by atoms with Crippen molar-refractivity contribution in [2.75, 3.05) is 5.43 Å². The highest BCUT2D eigenvalue weighted by atomic mass is 32.2. The van der Waals surface area contributed by atoms with Gasteiger partial charge >= 0.3 is 0 Å². The van der Waals surface area contributed by atoms with Crippen LogP contribution in [0.25, 0.3) is 33.6 Å². The van der Waals surface area contributed by atoms with Crippen LogP contribution in [0.4, 0.5) is 5.82 Å². The molecule has 0 fully saturated rings. The van der Waals surface area contributed by atoms with Crippen LogP contribution in [-0.2, 0) is 12.8 Å². The first-order valence-corrected chi connectivity index (χ1v) is 17.6. The first-order valence-electron chi connectivity index (χ1n) is 16.8. The van der Waals surface area contributed by atoms with Crippen LogP contribution in [0.3, 0.4) is 0 Å². The highest BCUT2D eigenvalue weighted by Gasteiger charge is 2.09. The minimum absolute atomic E-state index is 0.626. The molecule has 0 saturated heterocycles. The van der Waals surface area contributed by atoms with E-state index in [1.165, 1.54) is 21.6 Å². The summed E-state index contributed by atoms with van der Waals surface area (Å²) in [6.45, 7) is 6.08. The molecule has 250 valence electrons. The Morgan fingerprint density at radius 1 is 0.520 bits per heavy atom. The molecule has 0 aliphatic carbocycles. The van der Waals surface area contributed by atoms with Crippen LogP contribution in [-0.4, -0.2) is 20.4 Å². The van der Waals surface area contributed by atoms with Crippen molar-refractivity contribution in [1.29, 1.82) is 0 Å². The fourth-order valence-corrected chi connectivity index (χ4v) is 6.01. The van der Waals surface area contributed by atoms with Gasteiger partial charge in [0.05, 0.1) is 11.4 Å². The lowest BCUT2D eigenvalue weighted by Crippen LogP contribution is -2.13. The van der Waals surface area contributed by atoms with E-state index < -0.39 is 0 Å². The number of nitrogens with one attached hydrogen (secondary N) is 1. The van der Waals surface area contributed by atoms with Crippen molar-refractivity contribution in [3.05, 3.63) is 174 Å². The summed E-state index contributed by atoms with van der Waals surface area (Å²) >= 11 is 1.64. The molecule has 50 heavy (non-hydrogen) atoms. The molecule has 0 aliphatic rings. The molecule has 5 aromatic carbocycles. The molecule has 0 unspecified atom stereocenters. The summed E-state index contributed by atoms with van der Waals surface area (Å²) in [4.78, 5) is 1.18. The molecule has 0 saturated carbocycles. The Bertz CT molecular complexity index is 2020. The smallest absolute Gasteiger partial charge is 0.165 e. The van der Waals surface area contributed by atoms with Gasteiger partial charge in [0, 0.05) is 21.6 Å². The number of aromatic nitrogens is 4. The fraction of sp³-hybridized carbons (Fsp3) is 0.116. The Labute approximate surface area is 299 Å². The standard InChI is InChI=1S/C24H22N4.C17H14N2S.C2H6/c25-26-24-22(17-23(27-28-24)21-9-5-2-6-10-21)16-13-18-11-14-20(15-12-18)19-7-3-1-4-8-19;1-13-12-16(14-8-4-2-5-9-14)18-19-17(13)20-15-10-6-3-7-11-15;1-2/h1-12,14-15,17H,13,16,25H2,(H,26,28);2-12H,1H3;1-2H3. The molecule has 6 nitrogen and oxygen atoms in total. The summed E-state index contributed by atoms with van der Waals surface area (Å²) in [5, 5.41) is 18.2. The van der Waals surface area contributed by atoms with Gasteiger partial charge in [0.1, 0.15) is 5.03 Å². The molecule has 7 rings (SSSR count). The van der Waals surface area contributed by atoms with Gasteiger partial charge < -0.3 is 5.43 Å². The van der Waals surface area contributed by atoms with Crippen molar-refractivity contribution < 1.29 is 0 Å². The maximum absolute atomic E-state index is 5.64. The van der Waals surface area contributed by atoms with E-state index in [1.807, 2.05) is 98.8 Å². The number of nitrogen functional groups attached to an aromatic ring is 1. The number of rotatable bonds is 9. The molecule has 2 heterocycles. The number of nitrogens with two attached hydrogens (primary N) is 1. The second kappa shape index (κ2) is 18.8. The van der Waals surface area contributed by atoms with Crippen LogP contribution < -0.4 is 11.3 Å². The van der Waals surface area contributed by atoms with E-state index in [0.717, 1.165) is 51.5 Å². The van der Waals surface area contributed by atoms with Gasteiger partial charge in [-0.15, -0.1) is 20.4 Å². The zero-order chi connectivity index (χ0) is 35.0. The van der Waals surface area contributed by atoms with Crippen molar-refractivity contribution >= 4 is 17.6 Å². The van der Waals surface area contributed by atoms with Gasteiger partial charge in [0.15, 0.2) is 5.82 Å². The first kappa shape index (κ1) is 35.7. The lowest BCUT2D eigenvalue weighted by molar-refractivity contribution is 0.912. The normalized spacial score (nSPS) is 10.2. The van der Waals surface area contributed by atoms with Crippen LogP contribution in [0.2, 0.25) is 0 Å². The van der Waals surface area contributed by atoms with Crippen molar-refractivity contribution in [2.24, 2.45) is 5.84 Å².